The van der Waals surface area contributed by atoms with Crippen molar-refractivity contribution in [1.82, 2.24) is 4.90 Å². The zero-order valence-electron chi connectivity index (χ0n) is 12.7. The van der Waals surface area contributed by atoms with E-state index in [1.165, 1.54) is 42.5 Å². The van der Waals surface area contributed by atoms with E-state index in [1.807, 2.05) is 0 Å². The minimum atomic E-state index is -0.540. The maximum Gasteiger partial charge on any atom is 0.293 e. The van der Waals surface area contributed by atoms with E-state index in [-0.39, 0.29) is 23.1 Å². The Morgan fingerprint density at radius 1 is 1.08 bits per heavy atom. The van der Waals surface area contributed by atoms with Gasteiger partial charge in [-0.15, -0.1) is 0 Å². The normalized spacial score (nSPS) is 15.9. The summed E-state index contributed by atoms with van der Waals surface area (Å²) in [6, 6.07) is 11.7. The van der Waals surface area contributed by atoms with Crippen LogP contribution in [0.15, 0.2) is 53.4 Å². The molecule has 0 aromatic heterocycles. The van der Waals surface area contributed by atoms with Crippen molar-refractivity contribution in [3.8, 4) is 0 Å². The van der Waals surface area contributed by atoms with Crippen LogP contribution in [0.25, 0.3) is 6.08 Å². The van der Waals surface area contributed by atoms with Crippen LogP contribution < -0.4 is 0 Å². The molecule has 4 nitrogen and oxygen atoms in total. The monoisotopic (exact) mass is 375 g/mol. The number of rotatable bonds is 4. The number of imide groups is 1. The van der Waals surface area contributed by atoms with Crippen LogP contribution in [0.5, 0.6) is 0 Å². The summed E-state index contributed by atoms with van der Waals surface area (Å²) >= 11 is 6.53. The summed E-state index contributed by atoms with van der Waals surface area (Å²) in [7, 11) is 0. The van der Waals surface area contributed by atoms with Gasteiger partial charge in [-0.05, 0) is 59.8 Å². The molecule has 1 saturated heterocycles. The van der Waals surface area contributed by atoms with Crippen LogP contribution in [-0.4, -0.2) is 28.4 Å². The first kappa shape index (κ1) is 17.4. The molecule has 1 aliphatic heterocycles. The van der Waals surface area contributed by atoms with Crippen LogP contribution in [0.2, 0.25) is 5.02 Å². The predicted molar refractivity (Wildman–Crippen MR) is 94.9 cm³/mol. The average molecular weight is 376 g/mol. The predicted octanol–water partition coefficient (Wildman–Crippen LogP) is 4.40. The van der Waals surface area contributed by atoms with Gasteiger partial charge in [0.25, 0.3) is 11.1 Å². The molecule has 7 heteroatoms. The molecule has 1 aliphatic rings. The van der Waals surface area contributed by atoms with Crippen molar-refractivity contribution in [2.45, 2.75) is 0 Å². The van der Waals surface area contributed by atoms with Gasteiger partial charge in [-0.1, -0.05) is 23.7 Å². The summed E-state index contributed by atoms with van der Waals surface area (Å²) in [6.07, 6.45) is 1.50. The fraction of sp³-hybridized carbons (Fsp3) is 0.0556. The highest BCUT2D eigenvalue weighted by molar-refractivity contribution is 8.18. The molecule has 0 aliphatic carbocycles. The van der Waals surface area contributed by atoms with Crippen LogP contribution in [0.3, 0.4) is 0 Å². The molecule has 0 spiro atoms. The summed E-state index contributed by atoms with van der Waals surface area (Å²) < 4.78 is 12.9. The molecule has 0 N–H and O–H groups in total. The van der Waals surface area contributed by atoms with Gasteiger partial charge in [0.2, 0.25) is 0 Å². The number of ketones is 1. The zero-order valence-corrected chi connectivity index (χ0v) is 14.3. The van der Waals surface area contributed by atoms with E-state index in [0.717, 1.165) is 16.7 Å². The molecule has 3 rings (SSSR count). The number of amides is 2. The summed E-state index contributed by atoms with van der Waals surface area (Å²) in [5, 5.41) is -0.0226. The van der Waals surface area contributed by atoms with Crippen LogP contribution in [-0.2, 0) is 4.79 Å². The third-order valence-electron chi connectivity index (χ3n) is 3.51. The van der Waals surface area contributed by atoms with Crippen molar-refractivity contribution in [1.29, 1.82) is 0 Å². The Kier molecular flexibility index (Phi) is 5.01. The molecule has 0 atom stereocenters. The Hall–Kier alpha value is -2.44. The highest BCUT2D eigenvalue weighted by atomic mass is 35.5. The van der Waals surface area contributed by atoms with E-state index in [1.54, 1.807) is 12.1 Å². The molecule has 2 aromatic rings. The number of thioether (sulfide) groups is 1. The zero-order chi connectivity index (χ0) is 18.0. The Bertz CT molecular complexity index is 878. The topological polar surface area (TPSA) is 54.5 Å². The summed E-state index contributed by atoms with van der Waals surface area (Å²) in [5.41, 5.74) is 0.960. The highest BCUT2D eigenvalue weighted by Crippen LogP contribution is 2.32. The maximum absolute atomic E-state index is 12.9. The third-order valence-corrected chi connectivity index (χ3v) is 4.67. The number of carbonyl (C=O) groups is 3. The van der Waals surface area contributed by atoms with Gasteiger partial charge in [0.15, 0.2) is 5.78 Å². The van der Waals surface area contributed by atoms with Crippen molar-refractivity contribution >= 4 is 46.4 Å². The first-order valence-corrected chi connectivity index (χ1v) is 8.43. The highest BCUT2D eigenvalue weighted by Gasteiger charge is 2.36. The lowest BCUT2D eigenvalue weighted by molar-refractivity contribution is -0.122. The lowest BCUT2D eigenvalue weighted by Crippen LogP contribution is -2.33. The lowest BCUT2D eigenvalue weighted by atomic mass is 10.1. The number of carbonyl (C=O) groups excluding carboxylic acids is 3. The fourth-order valence-corrected chi connectivity index (χ4v) is 3.18. The second kappa shape index (κ2) is 7.21. The van der Waals surface area contributed by atoms with Gasteiger partial charge in [0.1, 0.15) is 5.82 Å². The number of hydrogen-bond donors (Lipinski definition) is 0. The van der Waals surface area contributed by atoms with Crippen LogP contribution >= 0.6 is 23.4 Å². The number of halogens is 2. The average Bonchev–Trinajstić information content (AvgIpc) is 2.85. The summed E-state index contributed by atoms with van der Waals surface area (Å²) in [6.45, 7) is -0.340. The van der Waals surface area contributed by atoms with Gasteiger partial charge < -0.3 is 0 Å². The van der Waals surface area contributed by atoms with Gasteiger partial charge in [-0.25, -0.2) is 4.39 Å². The van der Waals surface area contributed by atoms with Crippen molar-refractivity contribution in [2.24, 2.45) is 0 Å². The first-order valence-electron chi connectivity index (χ1n) is 7.24. The maximum atomic E-state index is 12.9. The molecule has 1 fully saturated rings. The van der Waals surface area contributed by atoms with Crippen molar-refractivity contribution in [3.63, 3.8) is 0 Å². The first-order chi connectivity index (χ1) is 11.9. The second-order valence-corrected chi connectivity index (χ2v) is 6.68. The number of hydrogen-bond acceptors (Lipinski definition) is 4. The summed E-state index contributed by atoms with van der Waals surface area (Å²) in [5.74, 6) is -1.29. The van der Waals surface area contributed by atoms with Gasteiger partial charge in [-0.2, -0.15) is 0 Å². The Balaban J connectivity index is 1.76. The van der Waals surface area contributed by atoms with Gasteiger partial charge in [0.05, 0.1) is 11.4 Å². The molecule has 0 bridgehead atoms. The van der Waals surface area contributed by atoms with Crippen LogP contribution in [0, 0.1) is 5.82 Å². The minimum Gasteiger partial charge on any atom is -0.292 e. The molecule has 0 unspecified atom stereocenters. The number of Topliss-reactive ketones (excluding diaryl/α,β-unsaturated/α-hetero) is 1. The molecule has 2 amide bonds. The van der Waals surface area contributed by atoms with E-state index in [9.17, 15) is 18.8 Å². The van der Waals surface area contributed by atoms with E-state index in [0.29, 0.717) is 16.1 Å². The fourth-order valence-electron chi connectivity index (χ4n) is 2.22. The van der Waals surface area contributed by atoms with Crippen molar-refractivity contribution < 1.29 is 18.8 Å². The van der Waals surface area contributed by atoms with Crippen LogP contribution in [0.1, 0.15) is 15.9 Å². The standard InChI is InChI=1S/C18H11ClFNO3S/c19-13-5-3-12(4-6-13)15(22)10-21-17(23)16(25-18(21)24)9-11-1-7-14(20)8-2-11/h1-9H,10H2/b16-9+. The Labute approximate surface area is 152 Å². The van der Waals surface area contributed by atoms with Crippen molar-refractivity contribution in [2.75, 3.05) is 6.54 Å². The van der Waals surface area contributed by atoms with E-state index >= 15 is 0 Å². The Morgan fingerprint density at radius 3 is 2.36 bits per heavy atom. The van der Waals surface area contributed by atoms with Crippen molar-refractivity contribution in [3.05, 3.63) is 75.4 Å². The smallest absolute Gasteiger partial charge is 0.292 e. The lowest BCUT2D eigenvalue weighted by Gasteiger charge is -2.11. The second-order valence-electron chi connectivity index (χ2n) is 5.25. The van der Waals surface area contributed by atoms with Gasteiger partial charge >= 0.3 is 0 Å². The summed E-state index contributed by atoms with van der Waals surface area (Å²) in [4.78, 5) is 37.8. The molecule has 25 heavy (non-hydrogen) atoms. The largest absolute Gasteiger partial charge is 0.293 e. The molecule has 2 aromatic carbocycles. The molecule has 0 radical (unpaired) electrons. The molecule has 0 saturated carbocycles. The SMILES string of the molecule is O=C(CN1C(=O)S/C(=C/c2ccc(F)cc2)C1=O)c1ccc(Cl)cc1. The molecular formula is C18H11ClFNO3S. The quantitative estimate of drug-likeness (QED) is 0.587. The molecule has 126 valence electrons. The van der Waals surface area contributed by atoms with E-state index < -0.39 is 11.1 Å². The molecular weight excluding hydrogens is 365 g/mol. The molecule has 1 heterocycles. The van der Waals surface area contributed by atoms with E-state index in [4.69, 9.17) is 11.6 Å². The Morgan fingerprint density at radius 2 is 1.72 bits per heavy atom. The third kappa shape index (κ3) is 3.97. The van der Waals surface area contributed by atoms with Crippen LogP contribution in [0.4, 0.5) is 9.18 Å². The minimum absolute atomic E-state index is 0.195. The van der Waals surface area contributed by atoms with Gasteiger partial charge in [-0.3, -0.25) is 19.3 Å². The van der Waals surface area contributed by atoms with Gasteiger partial charge in [0, 0.05) is 10.6 Å². The number of nitrogens with zero attached hydrogens (tertiary/aromatic N) is 1. The van der Waals surface area contributed by atoms with E-state index in [2.05, 4.69) is 0 Å². The number of benzene rings is 2.